The number of ether oxygens (including phenoxy) is 1. The lowest BCUT2D eigenvalue weighted by atomic mass is 9.83. The highest BCUT2D eigenvalue weighted by Gasteiger charge is 2.18. The summed E-state index contributed by atoms with van der Waals surface area (Å²) in [5.41, 5.74) is 8.61. The third-order valence-electron chi connectivity index (χ3n) is 3.07. The summed E-state index contributed by atoms with van der Waals surface area (Å²) >= 11 is 0. The van der Waals surface area contributed by atoms with Gasteiger partial charge in [0.1, 0.15) is 5.75 Å². The zero-order chi connectivity index (χ0) is 9.97. The summed E-state index contributed by atoms with van der Waals surface area (Å²) in [4.78, 5) is 0. The molecule has 76 valence electrons. The maximum Gasteiger partial charge on any atom is 0.119 e. The quantitative estimate of drug-likeness (QED) is 0.776. The molecule has 2 nitrogen and oxygen atoms in total. The van der Waals surface area contributed by atoms with Gasteiger partial charge in [0, 0.05) is 0 Å². The predicted octanol–water partition coefficient (Wildman–Crippen LogP) is 2.07. The van der Waals surface area contributed by atoms with E-state index < -0.39 is 0 Å². The largest absolute Gasteiger partial charge is 0.497 e. The van der Waals surface area contributed by atoms with Crippen molar-refractivity contribution in [3.8, 4) is 5.75 Å². The molecule has 1 aliphatic rings. The Morgan fingerprint density at radius 1 is 1.50 bits per heavy atom. The smallest absolute Gasteiger partial charge is 0.119 e. The highest BCUT2D eigenvalue weighted by molar-refractivity contribution is 5.39. The van der Waals surface area contributed by atoms with Crippen LogP contribution in [0, 0.1) is 0 Å². The Kier molecular flexibility index (Phi) is 2.73. The summed E-state index contributed by atoms with van der Waals surface area (Å²) in [6.45, 7) is 0.763. The monoisotopic (exact) mass is 191 g/mol. The van der Waals surface area contributed by atoms with E-state index in [0.29, 0.717) is 5.92 Å². The fraction of sp³-hybridized carbons (Fsp3) is 0.500. The van der Waals surface area contributed by atoms with Gasteiger partial charge in [0.2, 0.25) is 0 Å². The second-order valence-electron chi connectivity index (χ2n) is 3.89. The Bertz CT molecular complexity index is 322. The van der Waals surface area contributed by atoms with Gasteiger partial charge in [-0.2, -0.15) is 0 Å². The first-order valence-electron chi connectivity index (χ1n) is 5.22. The Balaban J connectivity index is 2.35. The number of hydrogen-bond acceptors (Lipinski definition) is 2. The highest BCUT2D eigenvalue weighted by atomic mass is 16.5. The molecule has 0 aliphatic heterocycles. The molecule has 0 fully saturated rings. The zero-order valence-corrected chi connectivity index (χ0v) is 8.62. The molecule has 2 rings (SSSR count). The third kappa shape index (κ3) is 1.62. The fourth-order valence-electron chi connectivity index (χ4n) is 2.26. The van der Waals surface area contributed by atoms with Gasteiger partial charge >= 0.3 is 0 Å². The van der Waals surface area contributed by atoms with E-state index in [2.05, 4.69) is 12.1 Å². The van der Waals surface area contributed by atoms with Gasteiger partial charge in [-0.25, -0.2) is 0 Å². The maximum absolute atomic E-state index is 5.76. The highest BCUT2D eigenvalue weighted by Crippen LogP contribution is 2.32. The topological polar surface area (TPSA) is 35.2 Å². The van der Waals surface area contributed by atoms with Crippen molar-refractivity contribution in [3.63, 3.8) is 0 Å². The first kappa shape index (κ1) is 9.53. The van der Waals surface area contributed by atoms with Crippen LogP contribution in [0.5, 0.6) is 5.75 Å². The maximum atomic E-state index is 5.76. The molecule has 1 aliphatic carbocycles. The van der Waals surface area contributed by atoms with Crippen LogP contribution in [0.4, 0.5) is 0 Å². The van der Waals surface area contributed by atoms with Crippen molar-refractivity contribution < 1.29 is 4.74 Å². The Labute approximate surface area is 85.1 Å². The van der Waals surface area contributed by atoms with Crippen LogP contribution in [-0.4, -0.2) is 13.7 Å². The lowest BCUT2D eigenvalue weighted by Gasteiger charge is -2.24. The van der Waals surface area contributed by atoms with E-state index in [1.807, 2.05) is 6.07 Å². The number of rotatable bonds is 2. The lowest BCUT2D eigenvalue weighted by molar-refractivity contribution is 0.413. The van der Waals surface area contributed by atoms with Gasteiger partial charge in [0.15, 0.2) is 0 Å². The van der Waals surface area contributed by atoms with Gasteiger partial charge in [0.05, 0.1) is 7.11 Å². The summed E-state index contributed by atoms with van der Waals surface area (Å²) in [7, 11) is 1.71. The van der Waals surface area contributed by atoms with E-state index in [9.17, 15) is 0 Å². The molecule has 0 saturated carbocycles. The summed E-state index contributed by atoms with van der Waals surface area (Å²) in [5, 5.41) is 0. The van der Waals surface area contributed by atoms with E-state index in [1.54, 1.807) is 7.11 Å². The van der Waals surface area contributed by atoms with Gasteiger partial charge in [-0.15, -0.1) is 0 Å². The van der Waals surface area contributed by atoms with Crippen LogP contribution in [0.1, 0.15) is 29.9 Å². The van der Waals surface area contributed by atoms with Gasteiger partial charge < -0.3 is 10.5 Å². The van der Waals surface area contributed by atoms with Crippen LogP contribution in [0.25, 0.3) is 0 Å². The number of nitrogens with two attached hydrogens (primary N) is 1. The molecule has 2 heteroatoms. The number of aryl methyl sites for hydroxylation is 1. The Morgan fingerprint density at radius 3 is 3.07 bits per heavy atom. The van der Waals surface area contributed by atoms with E-state index in [-0.39, 0.29) is 0 Å². The first-order valence-corrected chi connectivity index (χ1v) is 5.22. The average Bonchev–Trinajstić information content (AvgIpc) is 2.27. The normalized spacial score (nSPS) is 20.3. The molecular weight excluding hydrogens is 174 g/mol. The first-order chi connectivity index (χ1) is 6.85. The Hall–Kier alpha value is -1.02. The predicted molar refractivity (Wildman–Crippen MR) is 57.7 cm³/mol. The van der Waals surface area contributed by atoms with Gasteiger partial charge in [-0.1, -0.05) is 6.07 Å². The van der Waals surface area contributed by atoms with Crippen LogP contribution in [0.3, 0.4) is 0 Å². The van der Waals surface area contributed by atoms with E-state index in [0.717, 1.165) is 12.3 Å². The van der Waals surface area contributed by atoms with Crippen molar-refractivity contribution >= 4 is 0 Å². The minimum atomic E-state index is 0.560. The number of methoxy groups -OCH3 is 1. The van der Waals surface area contributed by atoms with Crippen molar-refractivity contribution in [1.29, 1.82) is 0 Å². The second-order valence-corrected chi connectivity index (χ2v) is 3.89. The van der Waals surface area contributed by atoms with E-state index in [4.69, 9.17) is 10.5 Å². The van der Waals surface area contributed by atoms with Crippen molar-refractivity contribution in [3.05, 3.63) is 29.3 Å². The SMILES string of the molecule is COc1ccc2c(c1)CCC[C@@H]2CN. The molecule has 0 saturated heterocycles. The molecule has 0 amide bonds. The molecule has 0 spiro atoms. The number of fused-ring (bicyclic) bond motifs is 1. The average molecular weight is 191 g/mol. The van der Waals surface area contributed by atoms with Gasteiger partial charge in [0.25, 0.3) is 0 Å². The summed E-state index contributed by atoms with van der Waals surface area (Å²) < 4.78 is 5.22. The van der Waals surface area contributed by atoms with Crippen LogP contribution in [0.15, 0.2) is 18.2 Å². The molecule has 1 aromatic rings. The molecule has 1 atom stereocenters. The van der Waals surface area contributed by atoms with Crippen LogP contribution in [0.2, 0.25) is 0 Å². The standard InChI is InChI=1S/C12H17NO/c1-14-11-5-6-12-9(7-11)3-2-4-10(12)8-13/h5-7,10H,2-4,8,13H2,1H3/t10-/m1/s1. The molecule has 2 N–H and O–H groups in total. The summed E-state index contributed by atoms with van der Waals surface area (Å²) in [6.07, 6.45) is 3.65. The summed E-state index contributed by atoms with van der Waals surface area (Å²) in [5.74, 6) is 1.52. The second kappa shape index (κ2) is 4.01. The fourth-order valence-corrected chi connectivity index (χ4v) is 2.26. The van der Waals surface area contributed by atoms with E-state index >= 15 is 0 Å². The molecule has 0 heterocycles. The molecule has 0 bridgehead atoms. The third-order valence-corrected chi connectivity index (χ3v) is 3.07. The zero-order valence-electron chi connectivity index (χ0n) is 8.62. The van der Waals surface area contributed by atoms with Gasteiger partial charge in [-0.3, -0.25) is 0 Å². The minimum absolute atomic E-state index is 0.560. The molecule has 1 aromatic carbocycles. The number of hydrogen-bond donors (Lipinski definition) is 1. The van der Waals surface area contributed by atoms with Crippen molar-refractivity contribution in [1.82, 2.24) is 0 Å². The van der Waals surface area contributed by atoms with E-state index in [1.165, 1.54) is 30.4 Å². The molecular formula is C12H17NO. The molecule has 0 aromatic heterocycles. The Morgan fingerprint density at radius 2 is 2.36 bits per heavy atom. The van der Waals surface area contributed by atoms with Crippen LogP contribution in [-0.2, 0) is 6.42 Å². The van der Waals surface area contributed by atoms with Crippen molar-refractivity contribution in [2.75, 3.05) is 13.7 Å². The van der Waals surface area contributed by atoms with Crippen LogP contribution >= 0.6 is 0 Å². The van der Waals surface area contributed by atoms with Crippen LogP contribution < -0.4 is 10.5 Å². The summed E-state index contributed by atoms with van der Waals surface area (Å²) in [6, 6.07) is 6.36. The molecule has 14 heavy (non-hydrogen) atoms. The minimum Gasteiger partial charge on any atom is -0.497 e. The number of benzene rings is 1. The van der Waals surface area contributed by atoms with Crippen molar-refractivity contribution in [2.24, 2.45) is 5.73 Å². The molecule has 0 unspecified atom stereocenters. The lowest BCUT2D eigenvalue weighted by Crippen LogP contribution is -2.18. The van der Waals surface area contributed by atoms with Crippen molar-refractivity contribution in [2.45, 2.75) is 25.2 Å². The molecule has 0 radical (unpaired) electrons. The van der Waals surface area contributed by atoms with Gasteiger partial charge in [-0.05, 0) is 55.0 Å².